The molecule has 228 valence electrons. The zero-order chi connectivity index (χ0) is 31.4. The summed E-state index contributed by atoms with van der Waals surface area (Å²) in [6.07, 6.45) is 2.32. The number of nitrogens with one attached hydrogen (secondary N) is 4. The number of phenols is 1. The second kappa shape index (κ2) is 15.7. The summed E-state index contributed by atoms with van der Waals surface area (Å²) in [6, 6.07) is 10.1. The summed E-state index contributed by atoms with van der Waals surface area (Å²) in [5.41, 5.74) is 13.2. The standard InChI is InChI=1S/C29H35N7O7/c30-21(12-17-4-2-1-3-5-17)26(39)35-23(13-18-6-8-20(37)9-7-18)28(41)34-22(10-11-25(31)38)27(40)36-24(29(42)43)14-19-15-32-16-33-19/h1-9,15-16,21-24,37H,10-14,30H2,(H2,31,38)(H,32,33)(H,34,41)(H,35,39)(H,36,40)(H,42,43). The molecule has 4 amide bonds. The minimum absolute atomic E-state index is 0.00460. The Hall–Kier alpha value is -5.24. The maximum atomic E-state index is 13.5. The lowest BCUT2D eigenvalue weighted by Crippen LogP contribution is -2.58. The predicted octanol–water partition coefficient (Wildman–Crippen LogP) is -0.725. The Labute approximate surface area is 247 Å². The number of phenolic OH excluding ortho intramolecular Hbond substituents is 1. The van der Waals surface area contributed by atoms with E-state index in [1.165, 1.54) is 24.7 Å². The summed E-state index contributed by atoms with van der Waals surface area (Å²) in [4.78, 5) is 69.7. The molecule has 0 spiro atoms. The van der Waals surface area contributed by atoms with Crippen LogP contribution >= 0.6 is 0 Å². The van der Waals surface area contributed by atoms with E-state index in [1.807, 2.05) is 30.3 Å². The fourth-order valence-corrected chi connectivity index (χ4v) is 4.23. The highest BCUT2D eigenvalue weighted by Crippen LogP contribution is 2.13. The number of aromatic hydroxyl groups is 1. The van der Waals surface area contributed by atoms with Crippen molar-refractivity contribution in [1.29, 1.82) is 0 Å². The van der Waals surface area contributed by atoms with E-state index < -0.39 is 53.8 Å². The van der Waals surface area contributed by atoms with Gasteiger partial charge in [-0.2, -0.15) is 0 Å². The summed E-state index contributed by atoms with van der Waals surface area (Å²) in [5, 5.41) is 26.8. The SMILES string of the molecule is NC(=O)CCC(NC(=O)C(Cc1ccc(O)cc1)NC(=O)C(N)Cc1ccccc1)C(=O)NC(Cc1cnc[nH]1)C(=O)O. The average Bonchev–Trinajstić information content (AvgIpc) is 3.49. The van der Waals surface area contributed by atoms with Crippen molar-refractivity contribution in [2.24, 2.45) is 11.5 Å². The fourth-order valence-electron chi connectivity index (χ4n) is 4.23. The van der Waals surface area contributed by atoms with Crippen LogP contribution in [-0.4, -0.2) is 73.9 Å². The van der Waals surface area contributed by atoms with E-state index in [1.54, 1.807) is 12.1 Å². The molecule has 0 bridgehead atoms. The van der Waals surface area contributed by atoms with Gasteiger partial charge in [0.25, 0.3) is 0 Å². The molecule has 10 N–H and O–H groups in total. The third-order valence-corrected chi connectivity index (χ3v) is 6.55. The number of rotatable bonds is 16. The van der Waals surface area contributed by atoms with E-state index in [-0.39, 0.29) is 37.9 Å². The number of nitrogens with two attached hydrogens (primary N) is 2. The largest absolute Gasteiger partial charge is 0.508 e. The minimum atomic E-state index is -1.37. The topological polar surface area (TPSA) is 243 Å². The van der Waals surface area contributed by atoms with Crippen molar-refractivity contribution in [3.8, 4) is 5.75 Å². The number of aliphatic carboxylic acids is 1. The Morgan fingerprint density at radius 2 is 1.40 bits per heavy atom. The van der Waals surface area contributed by atoms with Crippen molar-refractivity contribution in [1.82, 2.24) is 25.9 Å². The van der Waals surface area contributed by atoms with Crippen LogP contribution in [0.2, 0.25) is 0 Å². The summed E-state index contributed by atoms with van der Waals surface area (Å²) >= 11 is 0. The average molecular weight is 594 g/mol. The fraction of sp³-hybridized carbons (Fsp3) is 0.310. The zero-order valence-electron chi connectivity index (χ0n) is 23.2. The second-order valence-electron chi connectivity index (χ2n) is 9.97. The van der Waals surface area contributed by atoms with Crippen molar-refractivity contribution in [3.63, 3.8) is 0 Å². The zero-order valence-corrected chi connectivity index (χ0v) is 23.2. The van der Waals surface area contributed by atoms with Crippen molar-refractivity contribution >= 4 is 29.6 Å². The van der Waals surface area contributed by atoms with E-state index >= 15 is 0 Å². The first-order valence-corrected chi connectivity index (χ1v) is 13.5. The Balaban J connectivity index is 1.78. The number of hydrogen-bond acceptors (Lipinski definition) is 8. The van der Waals surface area contributed by atoms with Crippen LogP contribution in [0.25, 0.3) is 0 Å². The molecule has 43 heavy (non-hydrogen) atoms. The number of carboxylic acid groups (broad SMARTS) is 1. The molecule has 0 aliphatic rings. The van der Waals surface area contributed by atoms with Crippen LogP contribution in [0.4, 0.5) is 0 Å². The van der Waals surface area contributed by atoms with Crippen molar-refractivity contribution in [2.75, 3.05) is 0 Å². The summed E-state index contributed by atoms with van der Waals surface area (Å²) in [5.74, 6) is -4.32. The van der Waals surface area contributed by atoms with Crippen LogP contribution < -0.4 is 27.4 Å². The maximum absolute atomic E-state index is 13.5. The van der Waals surface area contributed by atoms with Crippen LogP contribution in [0.15, 0.2) is 67.1 Å². The molecule has 0 saturated carbocycles. The Bertz CT molecular complexity index is 1380. The van der Waals surface area contributed by atoms with E-state index in [0.717, 1.165) is 5.56 Å². The molecule has 4 atom stereocenters. The number of benzene rings is 2. The molecule has 3 aromatic rings. The highest BCUT2D eigenvalue weighted by Gasteiger charge is 2.31. The van der Waals surface area contributed by atoms with Gasteiger partial charge in [0.15, 0.2) is 0 Å². The smallest absolute Gasteiger partial charge is 0.326 e. The molecule has 4 unspecified atom stereocenters. The maximum Gasteiger partial charge on any atom is 0.326 e. The van der Waals surface area contributed by atoms with Gasteiger partial charge in [-0.05, 0) is 36.1 Å². The molecule has 0 aliphatic carbocycles. The van der Waals surface area contributed by atoms with E-state index in [2.05, 4.69) is 25.9 Å². The number of H-pyrrole nitrogens is 1. The predicted molar refractivity (Wildman–Crippen MR) is 154 cm³/mol. The quantitative estimate of drug-likeness (QED) is 0.104. The van der Waals surface area contributed by atoms with Gasteiger partial charge in [-0.1, -0.05) is 42.5 Å². The molecule has 0 aliphatic heterocycles. The molecule has 1 heterocycles. The summed E-state index contributed by atoms with van der Waals surface area (Å²) in [6.45, 7) is 0. The van der Waals surface area contributed by atoms with Crippen LogP contribution in [0, 0.1) is 0 Å². The lowest BCUT2D eigenvalue weighted by Gasteiger charge is -2.25. The number of carboxylic acids is 1. The first kappa shape index (κ1) is 32.3. The number of carbonyl (C=O) groups excluding carboxylic acids is 4. The first-order chi connectivity index (χ1) is 20.5. The van der Waals surface area contributed by atoms with Gasteiger partial charge in [0.2, 0.25) is 23.6 Å². The number of primary amides is 1. The molecule has 0 radical (unpaired) electrons. The number of amides is 4. The molecule has 3 rings (SSSR count). The van der Waals surface area contributed by atoms with Crippen LogP contribution in [0.1, 0.15) is 29.7 Å². The molecule has 0 fully saturated rings. The second-order valence-corrected chi connectivity index (χ2v) is 9.97. The number of imidazole rings is 1. The molecule has 14 heteroatoms. The van der Waals surface area contributed by atoms with Gasteiger partial charge in [-0.3, -0.25) is 19.2 Å². The third kappa shape index (κ3) is 10.6. The highest BCUT2D eigenvalue weighted by molar-refractivity contribution is 5.94. The van der Waals surface area contributed by atoms with Crippen molar-refractivity contribution in [2.45, 2.75) is 56.3 Å². The summed E-state index contributed by atoms with van der Waals surface area (Å²) in [7, 11) is 0. The van der Waals surface area contributed by atoms with Gasteiger partial charge in [-0.25, -0.2) is 9.78 Å². The van der Waals surface area contributed by atoms with E-state index in [0.29, 0.717) is 11.3 Å². The Kier molecular flexibility index (Phi) is 11.8. The molecular weight excluding hydrogens is 558 g/mol. The van der Waals surface area contributed by atoms with Crippen LogP contribution in [-0.2, 0) is 43.2 Å². The molecule has 0 saturated heterocycles. The molecular formula is C29H35N7O7. The number of aromatic nitrogens is 2. The lowest BCUT2D eigenvalue weighted by atomic mass is 10.0. The van der Waals surface area contributed by atoms with E-state index in [4.69, 9.17) is 11.5 Å². The normalized spacial score (nSPS) is 13.6. The minimum Gasteiger partial charge on any atom is -0.508 e. The molecule has 1 aromatic heterocycles. The monoisotopic (exact) mass is 593 g/mol. The molecule has 14 nitrogen and oxygen atoms in total. The first-order valence-electron chi connectivity index (χ1n) is 13.5. The third-order valence-electron chi connectivity index (χ3n) is 6.55. The van der Waals surface area contributed by atoms with Gasteiger partial charge in [0, 0.05) is 31.2 Å². The number of hydrogen-bond donors (Lipinski definition) is 8. The number of nitrogens with zero attached hydrogens (tertiary/aromatic N) is 1. The van der Waals surface area contributed by atoms with Crippen LogP contribution in [0.5, 0.6) is 5.75 Å². The van der Waals surface area contributed by atoms with Gasteiger partial charge in [0.05, 0.1) is 12.4 Å². The van der Waals surface area contributed by atoms with Crippen molar-refractivity contribution in [3.05, 3.63) is 83.9 Å². The number of aromatic amines is 1. The van der Waals surface area contributed by atoms with Gasteiger partial charge >= 0.3 is 5.97 Å². The summed E-state index contributed by atoms with van der Waals surface area (Å²) < 4.78 is 0. The Morgan fingerprint density at radius 1 is 0.791 bits per heavy atom. The Morgan fingerprint density at radius 3 is 2.00 bits per heavy atom. The van der Waals surface area contributed by atoms with Gasteiger partial charge in [0.1, 0.15) is 23.9 Å². The van der Waals surface area contributed by atoms with Crippen molar-refractivity contribution < 1.29 is 34.2 Å². The van der Waals surface area contributed by atoms with Crippen LogP contribution in [0.3, 0.4) is 0 Å². The highest BCUT2D eigenvalue weighted by atomic mass is 16.4. The van der Waals surface area contributed by atoms with E-state index in [9.17, 15) is 34.2 Å². The van der Waals surface area contributed by atoms with Gasteiger partial charge < -0.3 is 42.6 Å². The number of carbonyl (C=O) groups is 5. The molecule has 2 aromatic carbocycles. The lowest BCUT2D eigenvalue weighted by molar-refractivity contribution is -0.142. The van der Waals surface area contributed by atoms with Gasteiger partial charge in [-0.15, -0.1) is 0 Å².